The van der Waals surface area contributed by atoms with E-state index < -0.39 is 20.5 Å². The van der Waals surface area contributed by atoms with Crippen molar-refractivity contribution in [3.63, 3.8) is 0 Å². The highest BCUT2D eigenvalue weighted by Gasteiger charge is 2.29. The first-order chi connectivity index (χ1) is 9.47. The smallest absolute Gasteiger partial charge is 0.207 e. The van der Waals surface area contributed by atoms with Crippen LogP contribution in [0.15, 0.2) is 26.5 Å². The molecule has 2 aliphatic heterocycles. The van der Waals surface area contributed by atoms with Gasteiger partial charge in [0.15, 0.2) is 5.75 Å². The number of nitrogens with two attached hydrogens (primary N) is 1. The zero-order valence-electron chi connectivity index (χ0n) is 10.6. The van der Waals surface area contributed by atoms with Crippen LogP contribution in [0.1, 0.15) is 6.42 Å². The van der Waals surface area contributed by atoms with E-state index in [0.29, 0.717) is 18.5 Å². The summed E-state index contributed by atoms with van der Waals surface area (Å²) in [4.78, 5) is 7.44. The minimum Gasteiger partial charge on any atom is -0.506 e. The average molecular weight is 330 g/mol. The lowest BCUT2D eigenvalue weighted by atomic mass is 10.1. The number of aromatic hydroxyl groups is 2. The molecule has 0 amide bonds. The topological polar surface area (TPSA) is 125 Å². The van der Waals surface area contributed by atoms with Crippen LogP contribution >= 0.6 is 12.4 Å². The Morgan fingerprint density at radius 3 is 2.62 bits per heavy atom. The summed E-state index contributed by atoms with van der Waals surface area (Å²) in [6.07, 6.45) is 2.93. The molecule has 9 heteroatoms. The molecule has 3 rings (SSSR count). The highest BCUT2D eigenvalue weighted by molar-refractivity contribution is 7.94. The Hall–Kier alpha value is -1.90. The number of aliphatic imine (C=N–C) groups is 1. The van der Waals surface area contributed by atoms with Crippen molar-refractivity contribution in [3.8, 4) is 11.5 Å². The number of fused-ring (bicyclic) bond motifs is 2. The number of hydrogen-bond donors (Lipinski definition) is 3. The second kappa shape index (κ2) is 5.14. The van der Waals surface area contributed by atoms with E-state index in [9.17, 15) is 18.6 Å². The fourth-order valence-corrected chi connectivity index (χ4v) is 3.45. The number of halogens is 1. The van der Waals surface area contributed by atoms with Gasteiger partial charge in [-0.15, -0.1) is 12.4 Å². The number of sulfone groups is 1. The van der Waals surface area contributed by atoms with E-state index in [4.69, 9.17) is 5.73 Å². The lowest BCUT2D eigenvalue weighted by Gasteiger charge is -2.10. The first-order valence-electron chi connectivity index (χ1n) is 5.82. The zero-order valence-corrected chi connectivity index (χ0v) is 12.3. The fraction of sp³-hybridized carbons (Fsp3) is 0.167. The van der Waals surface area contributed by atoms with Crippen LogP contribution in [0.2, 0.25) is 0 Å². The molecule has 0 aliphatic carbocycles. The highest BCUT2D eigenvalue weighted by atomic mass is 35.5. The van der Waals surface area contributed by atoms with Gasteiger partial charge >= 0.3 is 0 Å². The molecule has 1 aromatic rings. The Labute approximate surface area is 126 Å². The highest BCUT2D eigenvalue weighted by Crippen LogP contribution is 2.31. The summed E-state index contributed by atoms with van der Waals surface area (Å²) in [5.41, 5.74) is 6.18. The second-order valence-electron chi connectivity index (χ2n) is 4.38. The van der Waals surface area contributed by atoms with Gasteiger partial charge in [-0.05, 0) is 18.5 Å². The molecule has 2 aliphatic rings. The van der Waals surface area contributed by atoms with E-state index >= 15 is 0 Å². The van der Waals surface area contributed by atoms with Crippen molar-refractivity contribution in [2.75, 3.05) is 6.54 Å². The molecule has 2 heterocycles. The van der Waals surface area contributed by atoms with Crippen molar-refractivity contribution in [2.45, 2.75) is 11.3 Å². The van der Waals surface area contributed by atoms with E-state index in [1.165, 1.54) is 6.21 Å². The average Bonchev–Trinajstić information content (AvgIpc) is 2.79. The van der Waals surface area contributed by atoms with Gasteiger partial charge in [0.25, 0.3) is 0 Å². The van der Waals surface area contributed by atoms with E-state index in [0.717, 1.165) is 11.6 Å². The summed E-state index contributed by atoms with van der Waals surface area (Å²) in [6, 6.07) is 0. The van der Waals surface area contributed by atoms with Crippen LogP contribution in [0.5, 0.6) is 11.5 Å². The number of phenols is 2. The molecule has 1 aromatic carbocycles. The monoisotopic (exact) mass is 329 g/mol. The summed E-state index contributed by atoms with van der Waals surface area (Å²) in [5, 5.41) is 21.3. The molecule has 7 nitrogen and oxygen atoms in total. The number of rotatable bonds is 2. The molecule has 0 atom stereocenters. The van der Waals surface area contributed by atoms with Gasteiger partial charge < -0.3 is 15.9 Å². The first kappa shape index (κ1) is 15.5. The van der Waals surface area contributed by atoms with Gasteiger partial charge in [0.2, 0.25) is 9.84 Å². The summed E-state index contributed by atoms with van der Waals surface area (Å²) < 4.78 is 24.0. The van der Waals surface area contributed by atoms with Crippen LogP contribution in [0.3, 0.4) is 0 Å². The van der Waals surface area contributed by atoms with E-state index in [1.54, 1.807) is 0 Å². The van der Waals surface area contributed by atoms with Crippen LogP contribution in [-0.4, -0.2) is 31.4 Å². The van der Waals surface area contributed by atoms with E-state index in [-0.39, 0.29) is 34.4 Å². The van der Waals surface area contributed by atoms with Crippen LogP contribution in [0, 0.1) is 0 Å². The van der Waals surface area contributed by atoms with Crippen molar-refractivity contribution in [1.29, 1.82) is 0 Å². The largest absolute Gasteiger partial charge is 0.506 e. The molecule has 21 heavy (non-hydrogen) atoms. The summed E-state index contributed by atoms with van der Waals surface area (Å²) in [6.45, 7) is 0.315. The van der Waals surface area contributed by atoms with E-state index in [1.807, 2.05) is 0 Å². The summed E-state index contributed by atoms with van der Waals surface area (Å²) in [5.74, 6) is -0.800. The van der Waals surface area contributed by atoms with Crippen LogP contribution in [0.25, 0.3) is 5.57 Å². The van der Waals surface area contributed by atoms with Crippen molar-refractivity contribution in [2.24, 2.45) is 15.7 Å². The first-order valence-corrected chi connectivity index (χ1v) is 7.36. The van der Waals surface area contributed by atoms with Gasteiger partial charge in [0.1, 0.15) is 21.7 Å². The maximum absolute atomic E-state index is 12.0. The third kappa shape index (κ3) is 2.11. The Morgan fingerprint density at radius 2 is 1.95 bits per heavy atom. The molecule has 0 bridgehead atoms. The molecular weight excluding hydrogens is 318 g/mol. The van der Waals surface area contributed by atoms with Crippen molar-refractivity contribution in [3.05, 3.63) is 22.2 Å². The third-order valence-corrected chi connectivity index (χ3v) is 4.60. The molecule has 0 unspecified atom stereocenters. The number of phenolic OH excluding ortho intramolecular Hbond substituents is 2. The van der Waals surface area contributed by atoms with Gasteiger partial charge in [0, 0.05) is 12.4 Å². The Bertz CT molecular complexity index is 904. The van der Waals surface area contributed by atoms with Gasteiger partial charge in [0.05, 0.1) is 10.6 Å². The predicted octanol–water partition coefficient (Wildman–Crippen LogP) is -0.387. The Kier molecular flexibility index (Phi) is 3.79. The van der Waals surface area contributed by atoms with Gasteiger partial charge in [-0.25, -0.2) is 8.42 Å². The minimum atomic E-state index is -3.84. The Balaban J connectivity index is 0.00000161. The second-order valence-corrected chi connectivity index (χ2v) is 6.15. The lowest BCUT2D eigenvalue weighted by molar-refractivity contribution is 0.436. The van der Waals surface area contributed by atoms with Crippen molar-refractivity contribution < 1.29 is 18.6 Å². The van der Waals surface area contributed by atoms with E-state index in [2.05, 4.69) is 9.98 Å². The molecule has 0 aromatic heterocycles. The molecule has 0 spiro atoms. The predicted molar refractivity (Wildman–Crippen MR) is 79.4 cm³/mol. The van der Waals surface area contributed by atoms with Gasteiger partial charge in [-0.3, -0.25) is 9.98 Å². The van der Waals surface area contributed by atoms with Crippen LogP contribution in [0.4, 0.5) is 5.69 Å². The minimum absolute atomic E-state index is 0. The molecule has 0 saturated carbocycles. The standard InChI is InChI=1S/C12H11N3O4S.ClH/c13-2-1-6-5-15-8-7(6)10(16)12-9(11(8)17)14-3-4-20(12,18)19;/h3-5,16-17H,1-2,13H2;1H. The maximum Gasteiger partial charge on any atom is 0.207 e. The molecule has 112 valence electrons. The lowest BCUT2D eigenvalue weighted by Crippen LogP contribution is -2.23. The number of nitrogens with zero attached hydrogens (tertiary/aromatic N) is 2. The normalized spacial score (nSPS) is 16.9. The maximum atomic E-state index is 12.0. The van der Waals surface area contributed by atoms with Gasteiger partial charge in [-0.1, -0.05) is 0 Å². The zero-order chi connectivity index (χ0) is 14.5. The Morgan fingerprint density at radius 1 is 1.24 bits per heavy atom. The molecular formula is C12H12ClN3O4S. The molecule has 4 N–H and O–H groups in total. The fourth-order valence-electron chi connectivity index (χ4n) is 2.30. The van der Waals surface area contributed by atoms with Gasteiger partial charge in [-0.2, -0.15) is 0 Å². The van der Waals surface area contributed by atoms with Crippen LogP contribution < -0.4 is 16.3 Å². The summed E-state index contributed by atoms with van der Waals surface area (Å²) in [7, 11) is -3.84. The SMILES string of the molecule is Cl.NCCC1=c2c(O)c3c(c(O)c2N=C1)=NC=CS3(=O)=O. The molecule has 0 fully saturated rings. The third-order valence-electron chi connectivity index (χ3n) is 3.16. The number of benzene rings is 1. The summed E-state index contributed by atoms with van der Waals surface area (Å²) >= 11 is 0. The molecule has 0 saturated heterocycles. The van der Waals surface area contributed by atoms with Crippen molar-refractivity contribution in [1.82, 2.24) is 0 Å². The number of hydrogen-bond acceptors (Lipinski definition) is 7. The van der Waals surface area contributed by atoms with Crippen LogP contribution in [-0.2, 0) is 9.84 Å². The molecule has 0 radical (unpaired) electrons. The van der Waals surface area contributed by atoms with Crippen molar-refractivity contribution >= 4 is 39.7 Å². The quantitative estimate of drug-likeness (QED) is 0.637.